The Hall–Kier alpha value is -2.43. The molecule has 112 valence electrons. The second-order valence-electron chi connectivity index (χ2n) is 5.83. The van der Waals surface area contributed by atoms with Gasteiger partial charge in [0.15, 0.2) is 5.82 Å². The molecule has 5 heteroatoms. The van der Waals surface area contributed by atoms with Gasteiger partial charge in [0.05, 0.1) is 5.52 Å². The van der Waals surface area contributed by atoms with E-state index >= 15 is 0 Å². The lowest BCUT2D eigenvalue weighted by molar-refractivity contribution is 0.574. The molecule has 1 saturated heterocycles. The molecule has 0 unspecified atom stereocenters. The number of pyridine rings is 1. The summed E-state index contributed by atoms with van der Waals surface area (Å²) in [5.74, 6) is 1.86. The Morgan fingerprint density at radius 1 is 1.14 bits per heavy atom. The van der Waals surface area contributed by atoms with Crippen LogP contribution in [-0.4, -0.2) is 33.0 Å². The predicted molar refractivity (Wildman–Crippen MR) is 87.9 cm³/mol. The number of anilines is 1. The van der Waals surface area contributed by atoms with Gasteiger partial charge in [-0.3, -0.25) is 4.98 Å². The summed E-state index contributed by atoms with van der Waals surface area (Å²) in [7, 11) is 0. The quantitative estimate of drug-likeness (QED) is 0.787. The lowest BCUT2D eigenvalue weighted by atomic mass is 10.1. The summed E-state index contributed by atoms with van der Waals surface area (Å²) < 4.78 is 0. The molecule has 0 radical (unpaired) electrons. The third-order valence-corrected chi connectivity index (χ3v) is 4.20. The minimum absolute atomic E-state index is 0.824. The second kappa shape index (κ2) is 5.40. The first-order chi connectivity index (χ1) is 10.8. The van der Waals surface area contributed by atoms with E-state index in [4.69, 9.17) is 4.98 Å². The summed E-state index contributed by atoms with van der Waals surface area (Å²) in [6, 6.07) is 6.09. The number of piperidine rings is 1. The molecule has 1 aliphatic heterocycles. The Kier molecular flexibility index (Phi) is 3.25. The highest BCUT2D eigenvalue weighted by atomic mass is 15.2. The predicted octanol–water partition coefficient (Wildman–Crippen LogP) is 3.32. The fourth-order valence-corrected chi connectivity index (χ4v) is 3.12. The number of aromatic amines is 1. The molecule has 4 heterocycles. The largest absolute Gasteiger partial charge is 0.355 e. The zero-order valence-corrected chi connectivity index (χ0v) is 12.7. The van der Waals surface area contributed by atoms with Crippen LogP contribution in [0.4, 0.5) is 5.82 Å². The number of aryl methyl sites for hydroxylation is 1. The number of nitrogens with one attached hydrogen (secondary N) is 1. The number of fused-ring (bicyclic) bond motifs is 1. The molecule has 1 fully saturated rings. The summed E-state index contributed by atoms with van der Waals surface area (Å²) in [5, 5.41) is 0. The van der Waals surface area contributed by atoms with E-state index in [0.717, 1.165) is 47.0 Å². The van der Waals surface area contributed by atoms with Crippen LogP contribution < -0.4 is 4.90 Å². The molecule has 0 aliphatic carbocycles. The van der Waals surface area contributed by atoms with E-state index in [9.17, 15) is 0 Å². The van der Waals surface area contributed by atoms with Crippen molar-refractivity contribution < 1.29 is 0 Å². The maximum absolute atomic E-state index is 4.70. The number of hydrogen-bond donors (Lipinski definition) is 1. The van der Waals surface area contributed by atoms with Crippen molar-refractivity contribution in [3.8, 4) is 11.3 Å². The summed E-state index contributed by atoms with van der Waals surface area (Å²) >= 11 is 0. The van der Waals surface area contributed by atoms with Crippen LogP contribution in [0.15, 0.2) is 30.6 Å². The van der Waals surface area contributed by atoms with Crippen LogP contribution in [0.2, 0.25) is 0 Å². The molecule has 0 atom stereocenters. The van der Waals surface area contributed by atoms with Crippen molar-refractivity contribution >= 4 is 16.9 Å². The molecular formula is C17H19N5. The molecular weight excluding hydrogens is 274 g/mol. The van der Waals surface area contributed by atoms with Crippen LogP contribution in [0, 0.1) is 6.92 Å². The van der Waals surface area contributed by atoms with Crippen molar-refractivity contribution in [2.45, 2.75) is 26.2 Å². The first-order valence-corrected chi connectivity index (χ1v) is 7.84. The Morgan fingerprint density at radius 3 is 2.77 bits per heavy atom. The fraction of sp³-hybridized carbons (Fsp3) is 0.353. The van der Waals surface area contributed by atoms with Crippen molar-refractivity contribution in [3.05, 3.63) is 36.4 Å². The maximum Gasteiger partial charge on any atom is 0.156 e. The fourth-order valence-electron chi connectivity index (χ4n) is 3.12. The average molecular weight is 293 g/mol. The van der Waals surface area contributed by atoms with Crippen LogP contribution in [0.5, 0.6) is 0 Å². The van der Waals surface area contributed by atoms with Crippen LogP contribution in [-0.2, 0) is 0 Å². The highest BCUT2D eigenvalue weighted by molar-refractivity contribution is 5.90. The van der Waals surface area contributed by atoms with Gasteiger partial charge in [0.2, 0.25) is 0 Å². The summed E-state index contributed by atoms with van der Waals surface area (Å²) in [6.07, 6.45) is 7.44. The van der Waals surface area contributed by atoms with E-state index in [2.05, 4.69) is 32.0 Å². The zero-order chi connectivity index (χ0) is 14.9. The summed E-state index contributed by atoms with van der Waals surface area (Å²) in [6.45, 7) is 4.11. The van der Waals surface area contributed by atoms with Gasteiger partial charge in [0, 0.05) is 36.7 Å². The monoisotopic (exact) mass is 293 g/mol. The maximum atomic E-state index is 4.70. The Labute approximate surface area is 129 Å². The Bertz CT molecular complexity index is 787. The first kappa shape index (κ1) is 13.2. The smallest absolute Gasteiger partial charge is 0.156 e. The van der Waals surface area contributed by atoms with Crippen LogP contribution in [0.25, 0.3) is 22.3 Å². The van der Waals surface area contributed by atoms with Crippen LogP contribution >= 0.6 is 0 Å². The van der Waals surface area contributed by atoms with Gasteiger partial charge in [0.25, 0.3) is 0 Å². The van der Waals surface area contributed by atoms with Gasteiger partial charge in [-0.1, -0.05) is 0 Å². The number of rotatable bonds is 2. The van der Waals surface area contributed by atoms with E-state index in [1.165, 1.54) is 19.3 Å². The van der Waals surface area contributed by atoms with Gasteiger partial charge in [0.1, 0.15) is 11.3 Å². The van der Waals surface area contributed by atoms with Gasteiger partial charge < -0.3 is 9.88 Å². The van der Waals surface area contributed by atoms with Crippen molar-refractivity contribution in [1.82, 2.24) is 19.9 Å². The molecule has 1 N–H and O–H groups in total. The topological polar surface area (TPSA) is 57.7 Å². The molecule has 0 aromatic carbocycles. The standard InChI is InChI=1S/C17H19N5/c1-12-19-15-10-14(13-6-5-7-18-11-13)21-16(15)17(20-12)22-8-3-2-4-9-22/h5-7,10-11,21H,2-4,8-9H2,1H3. The molecule has 0 saturated carbocycles. The van der Waals surface area contributed by atoms with E-state index in [1.54, 1.807) is 6.20 Å². The van der Waals surface area contributed by atoms with Gasteiger partial charge in [-0.2, -0.15) is 0 Å². The Morgan fingerprint density at radius 2 is 2.00 bits per heavy atom. The van der Waals surface area contributed by atoms with Gasteiger partial charge in [-0.05, 0) is 44.4 Å². The highest BCUT2D eigenvalue weighted by Crippen LogP contribution is 2.29. The zero-order valence-electron chi connectivity index (χ0n) is 12.7. The molecule has 0 spiro atoms. The minimum atomic E-state index is 0.824. The number of hydrogen-bond acceptors (Lipinski definition) is 4. The van der Waals surface area contributed by atoms with E-state index in [1.807, 2.05) is 19.2 Å². The van der Waals surface area contributed by atoms with Crippen molar-refractivity contribution in [1.29, 1.82) is 0 Å². The molecule has 0 bridgehead atoms. The van der Waals surface area contributed by atoms with Crippen molar-refractivity contribution in [2.24, 2.45) is 0 Å². The number of H-pyrrole nitrogens is 1. The molecule has 5 nitrogen and oxygen atoms in total. The molecule has 1 aliphatic rings. The molecule has 3 aromatic heterocycles. The molecule has 22 heavy (non-hydrogen) atoms. The first-order valence-electron chi connectivity index (χ1n) is 7.84. The van der Waals surface area contributed by atoms with Gasteiger partial charge >= 0.3 is 0 Å². The molecule has 4 rings (SSSR count). The Balaban J connectivity index is 1.84. The SMILES string of the molecule is Cc1nc(N2CCCCC2)c2[nH]c(-c3cccnc3)cc2n1. The highest BCUT2D eigenvalue weighted by Gasteiger charge is 2.18. The van der Waals surface area contributed by atoms with E-state index in [0.29, 0.717) is 0 Å². The lowest BCUT2D eigenvalue weighted by Gasteiger charge is -2.28. The van der Waals surface area contributed by atoms with Crippen LogP contribution in [0.1, 0.15) is 25.1 Å². The molecule has 0 amide bonds. The van der Waals surface area contributed by atoms with Crippen molar-refractivity contribution in [3.63, 3.8) is 0 Å². The summed E-state index contributed by atoms with van der Waals surface area (Å²) in [5.41, 5.74) is 4.13. The molecule has 3 aromatic rings. The third kappa shape index (κ3) is 2.32. The average Bonchev–Trinajstić information content (AvgIpc) is 2.99. The second-order valence-corrected chi connectivity index (χ2v) is 5.83. The van der Waals surface area contributed by atoms with Gasteiger partial charge in [-0.25, -0.2) is 9.97 Å². The summed E-state index contributed by atoms with van der Waals surface area (Å²) in [4.78, 5) is 19.4. The number of aromatic nitrogens is 4. The van der Waals surface area contributed by atoms with Gasteiger partial charge in [-0.15, -0.1) is 0 Å². The van der Waals surface area contributed by atoms with Crippen LogP contribution in [0.3, 0.4) is 0 Å². The normalized spacial score (nSPS) is 15.4. The van der Waals surface area contributed by atoms with E-state index < -0.39 is 0 Å². The third-order valence-electron chi connectivity index (χ3n) is 4.20. The minimum Gasteiger partial charge on any atom is -0.355 e. The van der Waals surface area contributed by atoms with Crippen molar-refractivity contribution in [2.75, 3.05) is 18.0 Å². The number of nitrogens with zero attached hydrogens (tertiary/aromatic N) is 4. The van der Waals surface area contributed by atoms with E-state index in [-0.39, 0.29) is 0 Å². The lowest BCUT2D eigenvalue weighted by Crippen LogP contribution is -2.30.